The van der Waals surface area contributed by atoms with Crippen molar-refractivity contribution in [1.29, 1.82) is 0 Å². The molecule has 6 heteroatoms. The van der Waals surface area contributed by atoms with Crippen molar-refractivity contribution < 1.29 is 9.72 Å². The number of nitrogens with two attached hydrogens (primary N) is 1. The molecule has 1 rings (SSSR count). The highest BCUT2D eigenvalue weighted by atomic mass is 16.6. The number of rotatable bonds is 3. The fourth-order valence-electron chi connectivity index (χ4n) is 1.07. The van der Waals surface area contributed by atoms with E-state index in [1.807, 2.05) is 0 Å². The molecule has 14 heavy (non-hydrogen) atoms. The Morgan fingerprint density at radius 2 is 2.36 bits per heavy atom. The van der Waals surface area contributed by atoms with Gasteiger partial charge in [-0.2, -0.15) is 0 Å². The standard InChI is InChI=1S/C8H9N3O3/c1-5-2-6(3-8(9)12)10-4-7(5)11(13)14/h2,4H,3H2,1H3,(H2,9,12). The van der Waals surface area contributed by atoms with Crippen molar-refractivity contribution in [3.63, 3.8) is 0 Å². The lowest BCUT2D eigenvalue weighted by molar-refractivity contribution is -0.385. The first kappa shape index (κ1) is 10.1. The van der Waals surface area contributed by atoms with Crippen LogP contribution >= 0.6 is 0 Å². The molecule has 0 aliphatic heterocycles. The van der Waals surface area contributed by atoms with E-state index in [4.69, 9.17) is 5.73 Å². The predicted molar refractivity (Wildman–Crippen MR) is 48.5 cm³/mol. The molecule has 0 radical (unpaired) electrons. The highest BCUT2D eigenvalue weighted by Gasteiger charge is 2.11. The van der Waals surface area contributed by atoms with Gasteiger partial charge in [-0.25, -0.2) is 0 Å². The van der Waals surface area contributed by atoms with Gasteiger partial charge in [0, 0.05) is 5.56 Å². The molecule has 2 N–H and O–H groups in total. The van der Waals surface area contributed by atoms with Crippen LogP contribution < -0.4 is 5.73 Å². The third kappa shape index (κ3) is 2.25. The summed E-state index contributed by atoms with van der Waals surface area (Å²) in [5.74, 6) is -0.509. The Labute approximate surface area is 79.9 Å². The molecule has 0 aliphatic carbocycles. The van der Waals surface area contributed by atoms with Crippen LogP contribution in [0.25, 0.3) is 0 Å². The molecule has 6 nitrogen and oxygen atoms in total. The molecule has 1 aromatic rings. The maximum Gasteiger partial charge on any atom is 0.290 e. The van der Waals surface area contributed by atoms with Crippen LogP contribution in [-0.4, -0.2) is 15.8 Å². The van der Waals surface area contributed by atoms with Crippen molar-refractivity contribution in [2.24, 2.45) is 5.73 Å². The lowest BCUT2D eigenvalue weighted by Crippen LogP contribution is -2.14. The number of amides is 1. The minimum Gasteiger partial charge on any atom is -0.369 e. The molecule has 74 valence electrons. The molecule has 1 amide bonds. The maximum absolute atomic E-state index is 10.5. The van der Waals surface area contributed by atoms with Crippen LogP contribution in [0.3, 0.4) is 0 Å². The molecule has 0 fully saturated rings. The second kappa shape index (κ2) is 3.82. The second-order valence-electron chi connectivity index (χ2n) is 2.86. The molecule has 0 unspecified atom stereocenters. The predicted octanol–water partition coefficient (Wildman–Crippen LogP) is 0.326. The quantitative estimate of drug-likeness (QED) is 0.554. The normalized spacial score (nSPS) is 9.79. The fourth-order valence-corrected chi connectivity index (χ4v) is 1.07. The number of primary amides is 1. The highest BCUT2D eigenvalue weighted by molar-refractivity contribution is 5.76. The molecule has 1 aromatic heterocycles. The Bertz CT molecular complexity index is 389. The van der Waals surface area contributed by atoms with Gasteiger partial charge in [0.2, 0.25) is 5.91 Å². The zero-order chi connectivity index (χ0) is 10.7. The number of pyridine rings is 1. The minimum atomic E-state index is -0.517. The zero-order valence-corrected chi connectivity index (χ0v) is 7.56. The van der Waals surface area contributed by atoms with E-state index in [-0.39, 0.29) is 12.1 Å². The van der Waals surface area contributed by atoms with Gasteiger partial charge in [-0.15, -0.1) is 0 Å². The minimum absolute atomic E-state index is 0.00116. The summed E-state index contributed by atoms with van der Waals surface area (Å²) in [4.78, 5) is 24.2. The van der Waals surface area contributed by atoms with Gasteiger partial charge in [-0.3, -0.25) is 19.9 Å². The van der Waals surface area contributed by atoms with Crippen molar-refractivity contribution >= 4 is 11.6 Å². The molecule has 0 spiro atoms. The van der Waals surface area contributed by atoms with Gasteiger partial charge in [-0.1, -0.05) is 0 Å². The molecule has 1 heterocycles. The van der Waals surface area contributed by atoms with Crippen molar-refractivity contribution in [2.45, 2.75) is 13.3 Å². The van der Waals surface area contributed by atoms with E-state index in [0.29, 0.717) is 11.3 Å². The van der Waals surface area contributed by atoms with Crippen molar-refractivity contribution in [1.82, 2.24) is 4.98 Å². The van der Waals surface area contributed by atoms with E-state index in [1.54, 1.807) is 6.92 Å². The van der Waals surface area contributed by atoms with Crippen molar-refractivity contribution in [3.05, 3.63) is 33.6 Å². The van der Waals surface area contributed by atoms with Crippen LogP contribution in [0, 0.1) is 17.0 Å². The average molecular weight is 195 g/mol. The number of hydrogen-bond acceptors (Lipinski definition) is 4. The van der Waals surface area contributed by atoms with Gasteiger partial charge in [0.1, 0.15) is 6.20 Å². The number of carbonyl (C=O) groups is 1. The lowest BCUT2D eigenvalue weighted by Gasteiger charge is -1.99. The summed E-state index contributed by atoms with van der Waals surface area (Å²) in [7, 11) is 0. The first-order chi connectivity index (χ1) is 6.50. The Balaban J connectivity index is 3.00. The van der Waals surface area contributed by atoms with Gasteiger partial charge < -0.3 is 5.73 Å². The molecule has 0 atom stereocenters. The number of nitro groups is 1. The topological polar surface area (TPSA) is 99.1 Å². The van der Waals surface area contributed by atoms with E-state index < -0.39 is 10.8 Å². The molecule has 0 aromatic carbocycles. The number of hydrogen-bond donors (Lipinski definition) is 1. The summed E-state index contributed by atoms with van der Waals surface area (Å²) in [5, 5.41) is 10.4. The Kier molecular flexibility index (Phi) is 2.76. The Morgan fingerprint density at radius 1 is 1.71 bits per heavy atom. The van der Waals surface area contributed by atoms with Crippen LogP contribution in [0.15, 0.2) is 12.3 Å². The van der Waals surface area contributed by atoms with Crippen LogP contribution in [0.4, 0.5) is 5.69 Å². The smallest absolute Gasteiger partial charge is 0.290 e. The lowest BCUT2D eigenvalue weighted by atomic mass is 10.2. The number of carbonyl (C=O) groups excluding carboxylic acids is 1. The van der Waals surface area contributed by atoms with Crippen LogP contribution in [0.5, 0.6) is 0 Å². The SMILES string of the molecule is Cc1cc(CC(N)=O)ncc1[N+](=O)[O-]. The zero-order valence-electron chi connectivity index (χ0n) is 7.56. The number of aryl methyl sites for hydroxylation is 1. The number of aromatic nitrogens is 1. The molecular weight excluding hydrogens is 186 g/mol. The van der Waals surface area contributed by atoms with Crippen LogP contribution in [0.2, 0.25) is 0 Å². The van der Waals surface area contributed by atoms with E-state index >= 15 is 0 Å². The van der Waals surface area contributed by atoms with Gasteiger partial charge in [-0.05, 0) is 13.0 Å². The Morgan fingerprint density at radius 3 is 2.79 bits per heavy atom. The van der Waals surface area contributed by atoms with Gasteiger partial charge in [0.15, 0.2) is 0 Å². The summed E-state index contributed by atoms with van der Waals surface area (Å²) in [6.45, 7) is 1.59. The summed E-state index contributed by atoms with van der Waals surface area (Å²) in [6.07, 6.45) is 1.13. The molecular formula is C8H9N3O3. The van der Waals surface area contributed by atoms with E-state index in [1.165, 1.54) is 6.07 Å². The third-order valence-corrected chi connectivity index (χ3v) is 1.69. The number of nitrogens with zero attached hydrogens (tertiary/aromatic N) is 2. The second-order valence-corrected chi connectivity index (χ2v) is 2.86. The van der Waals surface area contributed by atoms with Gasteiger partial charge in [0.05, 0.1) is 17.0 Å². The van der Waals surface area contributed by atoms with Crippen molar-refractivity contribution in [2.75, 3.05) is 0 Å². The average Bonchev–Trinajstić information content (AvgIpc) is 2.01. The van der Waals surface area contributed by atoms with Crippen LogP contribution in [-0.2, 0) is 11.2 Å². The van der Waals surface area contributed by atoms with Gasteiger partial charge >= 0.3 is 0 Å². The molecule has 0 saturated heterocycles. The molecule has 0 aliphatic rings. The van der Waals surface area contributed by atoms with E-state index in [9.17, 15) is 14.9 Å². The summed E-state index contributed by atoms with van der Waals surface area (Å²) in [5.41, 5.74) is 5.82. The monoisotopic (exact) mass is 195 g/mol. The summed E-state index contributed by atoms with van der Waals surface area (Å²) < 4.78 is 0. The maximum atomic E-state index is 10.5. The molecule has 0 bridgehead atoms. The highest BCUT2D eigenvalue weighted by Crippen LogP contribution is 2.16. The first-order valence-electron chi connectivity index (χ1n) is 3.89. The first-order valence-corrected chi connectivity index (χ1v) is 3.89. The van der Waals surface area contributed by atoms with E-state index in [0.717, 1.165) is 6.20 Å². The summed E-state index contributed by atoms with van der Waals surface area (Å²) >= 11 is 0. The fraction of sp³-hybridized carbons (Fsp3) is 0.250. The summed E-state index contributed by atoms with van der Waals surface area (Å²) in [6, 6.07) is 1.49. The molecule has 0 saturated carbocycles. The van der Waals surface area contributed by atoms with E-state index in [2.05, 4.69) is 4.98 Å². The Hall–Kier alpha value is -1.98. The van der Waals surface area contributed by atoms with Crippen molar-refractivity contribution in [3.8, 4) is 0 Å². The van der Waals surface area contributed by atoms with Gasteiger partial charge in [0.25, 0.3) is 5.69 Å². The largest absolute Gasteiger partial charge is 0.369 e. The van der Waals surface area contributed by atoms with Crippen LogP contribution in [0.1, 0.15) is 11.3 Å². The third-order valence-electron chi connectivity index (χ3n) is 1.69.